The second-order valence-corrected chi connectivity index (χ2v) is 5.31. The highest BCUT2D eigenvalue weighted by molar-refractivity contribution is 5.85. The molecule has 1 saturated heterocycles. The van der Waals surface area contributed by atoms with Crippen LogP contribution in [0.15, 0.2) is 60.7 Å². The van der Waals surface area contributed by atoms with Crippen molar-refractivity contribution in [2.75, 3.05) is 20.3 Å². The maximum absolute atomic E-state index is 6.24. The second kappa shape index (κ2) is 8.31. The quantitative estimate of drug-likeness (QED) is 0.911. The predicted octanol–water partition coefficient (Wildman–Crippen LogP) is 3.02. The lowest BCUT2D eigenvalue weighted by Gasteiger charge is -2.43. The van der Waals surface area contributed by atoms with Crippen LogP contribution in [0.5, 0.6) is 5.75 Å². The molecule has 1 heterocycles. The summed E-state index contributed by atoms with van der Waals surface area (Å²) in [5.74, 6) is -0.111. The summed E-state index contributed by atoms with van der Waals surface area (Å²) in [6.07, 6.45) is 0.274. The number of hydrogen-bond acceptors (Lipinski definition) is 4. The molecule has 1 aliphatic rings. The minimum absolute atomic E-state index is 0. The molecule has 0 amide bonds. The fourth-order valence-electron chi connectivity index (χ4n) is 2.74. The second-order valence-electron chi connectivity index (χ2n) is 5.31. The van der Waals surface area contributed by atoms with Crippen molar-refractivity contribution in [1.29, 1.82) is 0 Å². The largest absolute Gasteiger partial charge is 0.458 e. The molecule has 4 nitrogen and oxygen atoms in total. The van der Waals surface area contributed by atoms with E-state index in [9.17, 15) is 0 Å². The third kappa shape index (κ3) is 4.24. The highest BCUT2D eigenvalue weighted by Gasteiger charge is 2.45. The lowest BCUT2D eigenvalue weighted by Crippen LogP contribution is -2.63. The van der Waals surface area contributed by atoms with Crippen molar-refractivity contribution in [3.05, 3.63) is 66.2 Å². The van der Waals surface area contributed by atoms with Gasteiger partial charge in [-0.2, -0.15) is 0 Å². The molecular weight excluding hydrogens is 314 g/mol. The van der Waals surface area contributed by atoms with E-state index in [4.69, 9.17) is 14.2 Å². The summed E-state index contributed by atoms with van der Waals surface area (Å²) in [6.45, 7) is 1.33. The van der Waals surface area contributed by atoms with Gasteiger partial charge in [0.05, 0.1) is 6.61 Å². The molecule has 124 valence electrons. The number of benzene rings is 2. The Hall–Kier alpha value is -1.59. The van der Waals surface area contributed by atoms with E-state index in [-0.39, 0.29) is 18.6 Å². The number of halogens is 1. The zero-order chi connectivity index (χ0) is 15.3. The van der Waals surface area contributed by atoms with Gasteiger partial charge in [0.25, 0.3) is 5.79 Å². The Kier molecular flexibility index (Phi) is 6.42. The molecule has 0 saturated carbocycles. The van der Waals surface area contributed by atoms with Crippen molar-refractivity contribution in [2.45, 2.75) is 18.4 Å². The maximum Gasteiger partial charge on any atom is 0.254 e. The Labute approximate surface area is 143 Å². The van der Waals surface area contributed by atoms with E-state index < -0.39 is 5.79 Å². The minimum atomic E-state index is -0.879. The van der Waals surface area contributed by atoms with Crippen molar-refractivity contribution in [1.82, 2.24) is 5.32 Å². The Morgan fingerprint density at radius 1 is 1.09 bits per heavy atom. The van der Waals surface area contributed by atoms with Gasteiger partial charge in [-0.1, -0.05) is 48.5 Å². The van der Waals surface area contributed by atoms with Crippen molar-refractivity contribution in [3.63, 3.8) is 0 Å². The zero-order valence-electron chi connectivity index (χ0n) is 13.1. The summed E-state index contributed by atoms with van der Waals surface area (Å²) >= 11 is 0. The lowest BCUT2D eigenvalue weighted by atomic mass is 10.0. The Balaban J connectivity index is 0.00000192. The summed E-state index contributed by atoms with van der Waals surface area (Å²) in [4.78, 5) is 0. The number of methoxy groups -OCH3 is 1. The van der Waals surface area contributed by atoms with Gasteiger partial charge in [0.15, 0.2) is 6.23 Å². The predicted molar refractivity (Wildman–Crippen MR) is 91.9 cm³/mol. The first kappa shape index (κ1) is 17.8. The number of para-hydroxylation sites is 1. The molecule has 0 aliphatic carbocycles. The minimum Gasteiger partial charge on any atom is -0.458 e. The van der Waals surface area contributed by atoms with Gasteiger partial charge >= 0.3 is 0 Å². The van der Waals surface area contributed by atoms with E-state index in [2.05, 4.69) is 17.4 Å². The van der Waals surface area contributed by atoms with E-state index in [1.165, 1.54) is 0 Å². The highest BCUT2D eigenvalue weighted by Crippen LogP contribution is 2.29. The molecule has 1 aliphatic heterocycles. The van der Waals surface area contributed by atoms with Gasteiger partial charge in [0.1, 0.15) is 5.75 Å². The maximum atomic E-state index is 6.24. The fraction of sp³-hybridized carbons (Fsp3) is 0.333. The number of nitrogens with one attached hydrogen (secondary N) is 1. The molecule has 1 N–H and O–H groups in total. The number of morpholine rings is 1. The summed E-state index contributed by atoms with van der Waals surface area (Å²) in [7, 11) is 1.67. The Morgan fingerprint density at radius 3 is 2.39 bits per heavy atom. The van der Waals surface area contributed by atoms with Gasteiger partial charge in [-0.15, -0.1) is 12.4 Å². The zero-order valence-corrected chi connectivity index (χ0v) is 13.9. The van der Waals surface area contributed by atoms with Crippen LogP contribution in [0.2, 0.25) is 0 Å². The number of ether oxygens (including phenoxy) is 3. The van der Waals surface area contributed by atoms with Crippen LogP contribution in [0, 0.1) is 0 Å². The molecule has 0 spiro atoms. The molecule has 1 fully saturated rings. The van der Waals surface area contributed by atoms with Crippen LogP contribution in [0.25, 0.3) is 0 Å². The third-order valence-corrected chi connectivity index (χ3v) is 3.74. The first-order valence-electron chi connectivity index (χ1n) is 7.50. The summed E-state index contributed by atoms with van der Waals surface area (Å²) in [5, 5.41) is 3.33. The van der Waals surface area contributed by atoms with Crippen LogP contribution in [0.3, 0.4) is 0 Å². The lowest BCUT2D eigenvalue weighted by molar-refractivity contribution is -0.270. The van der Waals surface area contributed by atoms with Gasteiger partial charge in [0, 0.05) is 20.1 Å². The van der Waals surface area contributed by atoms with E-state index in [0.717, 1.165) is 17.9 Å². The van der Waals surface area contributed by atoms with Crippen LogP contribution in [-0.4, -0.2) is 32.3 Å². The Bertz CT molecular complexity index is 538. The summed E-state index contributed by atoms with van der Waals surface area (Å²) in [5.41, 5.74) is 1.14. The monoisotopic (exact) mass is 335 g/mol. The average Bonchev–Trinajstić information content (AvgIpc) is 2.57. The molecule has 23 heavy (non-hydrogen) atoms. The summed E-state index contributed by atoms with van der Waals surface area (Å²) < 4.78 is 17.9. The molecular formula is C18H22ClNO3. The highest BCUT2D eigenvalue weighted by atomic mass is 35.5. The third-order valence-electron chi connectivity index (χ3n) is 3.74. The van der Waals surface area contributed by atoms with Crippen LogP contribution >= 0.6 is 12.4 Å². The van der Waals surface area contributed by atoms with Gasteiger partial charge in [0.2, 0.25) is 0 Å². The standard InChI is InChI=1S/C18H21NO3.ClH/c1-20-17-18(21-13-12-19-17,14-15-8-4-2-5-9-15)22-16-10-6-3-7-11-16;/h2-11,17,19H,12-14H2,1H3;1H. The van der Waals surface area contributed by atoms with Crippen molar-refractivity contribution >= 4 is 12.4 Å². The van der Waals surface area contributed by atoms with Crippen molar-refractivity contribution in [2.24, 2.45) is 0 Å². The first-order valence-corrected chi connectivity index (χ1v) is 7.50. The Morgan fingerprint density at radius 2 is 1.74 bits per heavy atom. The molecule has 5 heteroatoms. The molecule has 3 rings (SSSR count). The van der Waals surface area contributed by atoms with Gasteiger partial charge < -0.3 is 14.2 Å². The molecule has 2 atom stereocenters. The van der Waals surface area contributed by atoms with Crippen LogP contribution in [-0.2, 0) is 15.9 Å². The van der Waals surface area contributed by atoms with Crippen LogP contribution in [0.4, 0.5) is 0 Å². The SMILES string of the molecule is COC1NCCOC1(Cc1ccccc1)Oc1ccccc1.Cl. The average molecular weight is 336 g/mol. The molecule has 2 aromatic rings. The fourth-order valence-corrected chi connectivity index (χ4v) is 2.74. The van der Waals surface area contributed by atoms with Gasteiger partial charge in [-0.05, 0) is 17.7 Å². The normalized spacial score (nSPS) is 23.8. The van der Waals surface area contributed by atoms with E-state index in [0.29, 0.717) is 13.0 Å². The number of rotatable bonds is 5. The van der Waals surface area contributed by atoms with E-state index >= 15 is 0 Å². The van der Waals surface area contributed by atoms with Crippen molar-refractivity contribution < 1.29 is 14.2 Å². The van der Waals surface area contributed by atoms with Gasteiger partial charge in [-0.25, -0.2) is 0 Å². The van der Waals surface area contributed by atoms with E-state index in [1.807, 2.05) is 48.5 Å². The molecule has 2 aromatic carbocycles. The van der Waals surface area contributed by atoms with Gasteiger partial charge in [-0.3, -0.25) is 5.32 Å². The molecule has 0 radical (unpaired) electrons. The van der Waals surface area contributed by atoms with E-state index in [1.54, 1.807) is 7.11 Å². The summed E-state index contributed by atoms with van der Waals surface area (Å²) in [6, 6.07) is 19.9. The topological polar surface area (TPSA) is 39.7 Å². The first-order chi connectivity index (χ1) is 10.8. The van der Waals surface area contributed by atoms with Crippen molar-refractivity contribution in [3.8, 4) is 5.75 Å². The van der Waals surface area contributed by atoms with Crippen LogP contribution in [0.1, 0.15) is 5.56 Å². The molecule has 2 unspecified atom stereocenters. The smallest absolute Gasteiger partial charge is 0.254 e. The number of hydrogen-bond donors (Lipinski definition) is 1. The molecule has 0 bridgehead atoms. The molecule has 0 aromatic heterocycles. The van der Waals surface area contributed by atoms with Crippen LogP contribution < -0.4 is 10.1 Å².